The molecule has 0 saturated carbocycles. The minimum atomic E-state index is -0.849. The summed E-state index contributed by atoms with van der Waals surface area (Å²) in [6.07, 6.45) is 0. The summed E-state index contributed by atoms with van der Waals surface area (Å²) in [6.45, 7) is 8.47. The molecule has 0 aromatic heterocycles. The fraction of sp³-hybridized carbons (Fsp3) is 0.846. The number of rotatable bonds is 10. The van der Waals surface area contributed by atoms with Crippen LogP contribution in [0.15, 0.2) is 0 Å². The Hall–Kier alpha value is -1.14. The molecular weight excluding hydrogens is 248 g/mol. The van der Waals surface area contributed by atoms with Gasteiger partial charge in [0.2, 0.25) is 5.91 Å². The highest BCUT2D eigenvalue weighted by molar-refractivity contribution is 5.78. The summed E-state index contributed by atoms with van der Waals surface area (Å²) in [6, 6.07) is 0. The second-order valence-corrected chi connectivity index (χ2v) is 4.53. The lowest BCUT2D eigenvalue weighted by molar-refractivity contribution is -0.142. The third-order valence-electron chi connectivity index (χ3n) is 3.04. The number of nitrogens with zero attached hydrogens (tertiary/aromatic N) is 2. The van der Waals surface area contributed by atoms with Gasteiger partial charge in [-0.1, -0.05) is 6.92 Å². The van der Waals surface area contributed by atoms with Crippen LogP contribution in [0.3, 0.4) is 0 Å². The standard InChI is InChI=1S/C13H26N2O4/c1-5-15(6-2)12(16)10-14(7-8-19-4)9-11(3)13(17)18/h11H,5-10H2,1-4H3,(H,17,18). The van der Waals surface area contributed by atoms with Crippen molar-refractivity contribution < 1.29 is 19.4 Å². The maximum Gasteiger partial charge on any atom is 0.307 e. The number of ether oxygens (including phenoxy) is 1. The molecule has 1 amide bonds. The van der Waals surface area contributed by atoms with Crippen LogP contribution in [-0.4, -0.2) is 73.2 Å². The van der Waals surface area contributed by atoms with Gasteiger partial charge in [-0.2, -0.15) is 0 Å². The number of hydrogen-bond acceptors (Lipinski definition) is 4. The van der Waals surface area contributed by atoms with Crippen molar-refractivity contribution in [3.63, 3.8) is 0 Å². The third kappa shape index (κ3) is 7.12. The first kappa shape index (κ1) is 17.9. The Balaban J connectivity index is 4.48. The van der Waals surface area contributed by atoms with Gasteiger partial charge in [0.15, 0.2) is 0 Å². The molecule has 1 unspecified atom stereocenters. The van der Waals surface area contributed by atoms with E-state index in [9.17, 15) is 9.59 Å². The van der Waals surface area contributed by atoms with E-state index in [-0.39, 0.29) is 12.5 Å². The van der Waals surface area contributed by atoms with E-state index >= 15 is 0 Å². The van der Waals surface area contributed by atoms with E-state index in [0.717, 1.165) is 0 Å². The number of amides is 1. The first-order valence-corrected chi connectivity index (χ1v) is 6.68. The van der Waals surface area contributed by atoms with Crippen molar-refractivity contribution in [2.24, 2.45) is 5.92 Å². The molecule has 6 heteroatoms. The summed E-state index contributed by atoms with van der Waals surface area (Å²) in [4.78, 5) is 26.5. The smallest absolute Gasteiger partial charge is 0.307 e. The maximum atomic E-state index is 12.0. The number of carboxylic acid groups (broad SMARTS) is 1. The zero-order valence-corrected chi connectivity index (χ0v) is 12.4. The van der Waals surface area contributed by atoms with Crippen LogP contribution in [0.4, 0.5) is 0 Å². The maximum absolute atomic E-state index is 12.0. The molecule has 0 bridgehead atoms. The lowest BCUT2D eigenvalue weighted by Crippen LogP contribution is -2.43. The van der Waals surface area contributed by atoms with Gasteiger partial charge in [-0.25, -0.2) is 0 Å². The molecule has 0 aromatic carbocycles. The molecule has 1 N–H and O–H groups in total. The average molecular weight is 274 g/mol. The number of aliphatic carboxylic acids is 1. The molecule has 0 fully saturated rings. The van der Waals surface area contributed by atoms with Gasteiger partial charge in [-0.15, -0.1) is 0 Å². The quantitative estimate of drug-likeness (QED) is 0.629. The molecule has 0 aliphatic carbocycles. The average Bonchev–Trinajstić information content (AvgIpc) is 2.37. The molecule has 1 atom stereocenters. The number of carbonyl (C=O) groups excluding carboxylic acids is 1. The normalized spacial score (nSPS) is 12.5. The van der Waals surface area contributed by atoms with E-state index in [4.69, 9.17) is 9.84 Å². The lowest BCUT2D eigenvalue weighted by Gasteiger charge is -2.26. The van der Waals surface area contributed by atoms with Crippen LogP contribution in [0.2, 0.25) is 0 Å². The molecule has 0 rings (SSSR count). The van der Waals surface area contributed by atoms with E-state index in [1.807, 2.05) is 18.7 Å². The zero-order chi connectivity index (χ0) is 14.8. The zero-order valence-electron chi connectivity index (χ0n) is 12.4. The predicted molar refractivity (Wildman–Crippen MR) is 73.0 cm³/mol. The van der Waals surface area contributed by atoms with Crippen molar-refractivity contribution >= 4 is 11.9 Å². The van der Waals surface area contributed by atoms with Gasteiger partial charge < -0.3 is 14.7 Å². The molecule has 0 aliphatic heterocycles. The number of carboxylic acids is 1. The van der Waals surface area contributed by atoms with Crippen LogP contribution < -0.4 is 0 Å². The van der Waals surface area contributed by atoms with E-state index in [1.165, 1.54) is 0 Å². The van der Waals surface area contributed by atoms with E-state index in [2.05, 4.69) is 0 Å². The minimum Gasteiger partial charge on any atom is -0.481 e. The molecule has 6 nitrogen and oxygen atoms in total. The van der Waals surface area contributed by atoms with Crippen LogP contribution in [0.5, 0.6) is 0 Å². The van der Waals surface area contributed by atoms with Crippen molar-refractivity contribution in [2.45, 2.75) is 20.8 Å². The van der Waals surface area contributed by atoms with Crippen LogP contribution >= 0.6 is 0 Å². The molecule has 0 radical (unpaired) electrons. The monoisotopic (exact) mass is 274 g/mol. The van der Waals surface area contributed by atoms with E-state index in [0.29, 0.717) is 32.8 Å². The first-order chi connectivity index (χ1) is 8.96. The van der Waals surface area contributed by atoms with Gasteiger partial charge in [0.05, 0.1) is 19.1 Å². The molecule has 112 valence electrons. The van der Waals surface area contributed by atoms with Crippen molar-refractivity contribution in [3.8, 4) is 0 Å². The highest BCUT2D eigenvalue weighted by Gasteiger charge is 2.20. The highest BCUT2D eigenvalue weighted by Crippen LogP contribution is 2.02. The second-order valence-electron chi connectivity index (χ2n) is 4.53. The Bertz CT molecular complexity index is 280. The van der Waals surface area contributed by atoms with Crippen molar-refractivity contribution in [1.82, 2.24) is 9.80 Å². The number of hydrogen-bond donors (Lipinski definition) is 1. The third-order valence-corrected chi connectivity index (χ3v) is 3.04. The van der Waals surface area contributed by atoms with Crippen molar-refractivity contribution in [1.29, 1.82) is 0 Å². The van der Waals surface area contributed by atoms with Crippen LogP contribution in [0.25, 0.3) is 0 Å². The summed E-state index contributed by atoms with van der Waals surface area (Å²) in [5.74, 6) is -1.32. The van der Waals surface area contributed by atoms with Crippen molar-refractivity contribution in [2.75, 3.05) is 46.4 Å². The van der Waals surface area contributed by atoms with Crippen LogP contribution in [-0.2, 0) is 14.3 Å². The Morgan fingerprint density at radius 2 is 1.84 bits per heavy atom. The summed E-state index contributed by atoms with van der Waals surface area (Å²) in [5, 5.41) is 8.94. The fourth-order valence-electron chi connectivity index (χ4n) is 1.79. The fourth-order valence-corrected chi connectivity index (χ4v) is 1.79. The molecule has 19 heavy (non-hydrogen) atoms. The largest absolute Gasteiger partial charge is 0.481 e. The molecule has 0 spiro atoms. The predicted octanol–water partition coefficient (Wildman–Crippen LogP) is 0.524. The SMILES string of the molecule is CCN(CC)C(=O)CN(CCOC)CC(C)C(=O)O. The topological polar surface area (TPSA) is 70.1 Å². The van der Waals surface area contributed by atoms with Crippen LogP contribution in [0.1, 0.15) is 20.8 Å². The highest BCUT2D eigenvalue weighted by atomic mass is 16.5. The van der Waals surface area contributed by atoms with Crippen molar-refractivity contribution in [3.05, 3.63) is 0 Å². The summed E-state index contributed by atoms with van der Waals surface area (Å²) < 4.78 is 5.00. The Morgan fingerprint density at radius 1 is 1.26 bits per heavy atom. The first-order valence-electron chi connectivity index (χ1n) is 6.68. The Labute approximate surface area is 115 Å². The Kier molecular flexibility index (Phi) is 9.16. The van der Waals surface area contributed by atoms with Gasteiger partial charge in [0.25, 0.3) is 0 Å². The van der Waals surface area contributed by atoms with E-state index < -0.39 is 11.9 Å². The molecule has 0 aliphatic rings. The van der Waals surface area contributed by atoms with Gasteiger partial charge in [-0.3, -0.25) is 14.5 Å². The van der Waals surface area contributed by atoms with Gasteiger partial charge >= 0.3 is 5.97 Å². The Morgan fingerprint density at radius 3 is 2.26 bits per heavy atom. The number of likely N-dealkylation sites (N-methyl/N-ethyl adjacent to an activating group) is 1. The summed E-state index contributed by atoms with van der Waals surface area (Å²) in [7, 11) is 1.59. The van der Waals surface area contributed by atoms with Crippen LogP contribution in [0, 0.1) is 5.92 Å². The van der Waals surface area contributed by atoms with E-state index in [1.54, 1.807) is 18.9 Å². The molecule has 0 aromatic rings. The second kappa shape index (κ2) is 9.75. The molecule has 0 saturated heterocycles. The van der Waals surface area contributed by atoms with Gasteiger partial charge in [0, 0.05) is 33.3 Å². The molecule has 0 heterocycles. The molecular formula is C13H26N2O4. The summed E-state index contributed by atoms with van der Waals surface area (Å²) in [5.41, 5.74) is 0. The number of carbonyl (C=O) groups is 2. The number of methoxy groups -OCH3 is 1. The summed E-state index contributed by atoms with van der Waals surface area (Å²) >= 11 is 0. The van der Waals surface area contributed by atoms with Gasteiger partial charge in [-0.05, 0) is 13.8 Å². The minimum absolute atomic E-state index is 0.0266. The lowest BCUT2D eigenvalue weighted by atomic mass is 10.1. The van der Waals surface area contributed by atoms with Gasteiger partial charge in [0.1, 0.15) is 0 Å².